The van der Waals surface area contributed by atoms with Crippen LogP contribution < -0.4 is 0 Å². The van der Waals surface area contributed by atoms with Gasteiger partial charge in [-0.2, -0.15) is 0 Å². The van der Waals surface area contributed by atoms with Crippen molar-refractivity contribution in [3.8, 4) is 11.1 Å². The van der Waals surface area contributed by atoms with Gasteiger partial charge in [-0.15, -0.1) is 0 Å². The second-order valence-electron chi connectivity index (χ2n) is 5.95. The molecule has 0 spiro atoms. The molecule has 1 nitrogen and oxygen atoms in total. The van der Waals surface area contributed by atoms with Crippen LogP contribution in [0.15, 0.2) is 83.3 Å². The first-order valence-corrected chi connectivity index (χ1v) is 8.28. The summed E-state index contributed by atoms with van der Waals surface area (Å²) >= 11 is 6.15. The van der Waals surface area contributed by atoms with E-state index in [4.69, 9.17) is 16.0 Å². The number of fused-ring (bicyclic) bond motifs is 4. The van der Waals surface area contributed by atoms with Gasteiger partial charge < -0.3 is 4.42 Å². The van der Waals surface area contributed by atoms with Crippen LogP contribution in [0.25, 0.3) is 43.8 Å². The molecule has 0 saturated heterocycles. The van der Waals surface area contributed by atoms with Crippen LogP contribution in [0.1, 0.15) is 0 Å². The first-order valence-electron chi connectivity index (χ1n) is 7.90. The van der Waals surface area contributed by atoms with E-state index < -0.39 is 0 Å². The minimum Gasteiger partial charge on any atom is -0.456 e. The van der Waals surface area contributed by atoms with Crippen molar-refractivity contribution in [2.45, 2.75) is 0 Å². The lowest BCUT2D eigenvalue weighted by Crippen LogP contribution is -1.83. The van der Waals surface area contributed by atoms with Gasteiger partial charge in [-0.3, -0.25) is 0 Å². The molecule has 0 saturated carbocycles. The molecular formula is C22H13ClO. The van der Waals surface area contributed by atoms with Crippen LogP contribution in [-0.2, 0) is 0 Å². The second-order valence-corrected chi connectivity index (χ2v) is 6.39. The monoisotopic (exact) mass is 328 g/mol. The second kappa shape index (κ2) is 5.12. The highest BCUT2D eigenvalue weighted by molar-refractivity contribution is 6.32. The van der Waals surface area contributed by atoms with Gasteiger partial charge in [-0.1, -0.05) is 66.2 Å². The molecule has 114 valence electrons. The lowest BCUT2D eigenvalue weighted by Gasteiger charge is -2.09. The van der Waals surface area contributed by atoms with E-state index in [1.807, 2.05) is 24.3 Å². The summed E-state index contributed by atoms with van der Waals surface area (Å²) in [6, 6.07) is 26.9. The van der Waals surface area contributed by atoms with Gasteiger partial charge in [-0.05, 0) is 34.5 Å². The van der Waals surface area contributed by atoms with Gasteiger partial charge in [0.15, 0.2) is 0 Å². The summed E-state index contributed by atoms with van der Waals surface area (Å²) in [4.78, 5) is 0. The van der Waals surface area contributed by atoms with Crippen molar-refractivity contribution in [1.29, 1.82) is 0 Å². The van der Waals surface area contributed by atoms with E-state index in [1.54, 1.807) is 0 Å². The van der Waals surface area contributed by atoms with Crippen molar-refractivity contribution in [2.24, 2.45) is 0 Å². The molecule has 5 aromatic rings. The summed E-state index contributed by atoms with van der Waals surface area (Å²) < 4.78 is 6.12. The first-order chi connectivity index (χ1) is 11.8. The molecule has 1 heterocycles. The van der Waals surface area contributed by atoms with Crippen molar-refractivity contribution in [3.05, 3.63) is 83.9 Å². The van der Waals surface area contributed by atoms with Crippen LogP contribution in [0, 0.1) is 0 Å². The topological polar surface area (TPSA) is 13.1 Å². The zero-order valence-electron chi connectivity index (χ0n) is 12.8. The highest BCUT2D eigenvalue weighted by Gasteiger charge is 2.16. The van der Waals surface area contributed by atoms with Crippen molar-refractivity contribution < 1.29 is 4.42 Å². The van der Waals surface area contributed by atoms with Crippen molar-refractivity contribution in [1.82, 2.24) is 0 Å². The molecule has 0 fully saturated rings. The van der Waals surface area contributed by atoms with E-state index in [9.17, 15) is 0 Å². The fourth-order valence-electron chi connectivity index (χ4n) is 3.48. The Morgan fingerprint density at radius 2 is 1.46 bits per heavy atom. The number of halogens is 1. The maximum Gasteiger partial charge on any atom is 0.136 e. The predicted octanol–water partition coefficient (Wildman–Crippen LogP) is 7.06. The fourth-order valence-corrected chi connectivity index (χ4v) is 3.64. The smallest absolute Gasteiger partial charge is 0.136 e. The molecule has 1 aromatic heterocycles. The molecule has 4 aromatic carbocycles. The molecule has 2 heteroatoms. The maximum atomic E-state index is 6.15. The SMILES string of the molecule is Clc1ccc2c(c1)oc1cc3ccccc3c(-c3ccccc3)c12. The van der Waals surface area contributed by atoms with Crippen molar-refractivity contribution in [3.63, 3.8) is 0 Å². The van der Waals surface area contributed by atoms with Crippen LogP contribution in [0.2, 0.25) is 5.02 Å². The molecule has 5 rings (SSSR count). The van der Waals surface area contributed by atoms with Gasteiger partial charge in [0, 0.05) is 27.4 Å². The van der Waals surface area contributed by atoms with Crippen LogP contribution in [0.4, 0.5) is 0 Å². The Kier molecular flexibility index (Phi) is 2.91. The molecule has 0 aliphatic carbocycles. The molecule has 0 radical (unpaired) electrons. The Balaban J connectivity index is 2.06. The standard InChI is InChI=1S/C22H13ClO/c23-16-10-11-18-19(13-16)24-20-12-15-8-4-5-9-17(15)21(22(18)20)14-6-2-1-3-7-14/h1-13H. The van der Waals surface area contributed by atoms with Gasteiger partial charge in [0.1, 0.15) is 11.2 Å². The Bertz CT molecular complexity index is 1200. The number of hydrogen-bond acceptors (Lipinski definition) is 1. The Hall–Kier alpha value is -2.77. The Morgan fingerprint density at radius 3 is 2.33 bits per heavy atom. The summed E-state index contributed by atoms with van der Waals surface area (Å²) in [7, 11) is 0. The third-order valence-electron chi connectivity index (χ3n) is 4.51. The lowest BCUT2D eigenvalue weighted by atomic mass is 9.93. The van der Waals surface area contributed by atoms with Crippen molar-refractivity contribution >= 4 is 44.3 Å². The first kappa shape index (κ1) is 13.6. The average molecular weight is 329 g/mol. The lowest BCUT2D eigenvalue weighted by molar-refractivity contribution is 0.669. The van der Waals surface area contributed by atoms with Gasteiger partial charge in [0.05, 0.1) is 0 Å². The van der Waals surface area contributed by atoms with Crippen LogP contribution in [0.5, 0.6) is 0 Å². The minimum absolute atomic E-state index is 0.687. The quantitative estimate of drug-likeness (QED) is 0.321. The van der Waals surface area contributed by atoms with E-state index in [-0.39, 0.29) is 0 Å². The average Bonchev–Trinajstić information content (AvgIpc) is 2.97. The Labute approximate surface area is 144 Å². The molecule has 0 N–H and O–H groups in total. The zero-order valence-corrected chi connectivity index (χ0v) is 13.5. The highest BCUT2D eigenvalue weighted by Crippen LogP contribution is 2.41. The predicted molar refractivity (Wildman–Crippen MR) is 102 cm³/mol. The third-order valence-corrected chi connectivity index (χ3v) is 4.74. The van der Waals surface area contributed by atoms with Crippen LogP contribution in [0.3, 0.4) is 0 Å². The molecule has 0 aliphatic heterocycles. The molecule has 24 heavy (non-hydrogen) atoms. The molecule has 0 aliphatic rings. The largest absolute Gasteiger partial charge is 0.456 e. The van der Waals surface area contributed by atoms with Crippen molar-refractivity contribution in [2.75, 3.05) is 0 Å². The number of rotatable bonds is 1. The van der Waals surface area contributed by atoms with Crippen LogP contribution >= 0.6 is 11.6 Å². The highest BCUT2D eigenvalue weighted by atomic mass is 35.5. The maximum absolute atomic E-state index is 6.15. The summed E-state index contributed by atoms with van der Waals surface area (Å²) in [5, 5.41) is 5.33. The molecule has 0 amide bonds. The molecule has 0 unspecified atom stereocenters. The van der Waals surface area contributed by atoms with E-state index in [0.29, 0.717) is 5.02 Å². The van der Waals surface area contributed by atoms with Gasteiger partial charge >= 0.3 is 0 Å². The van der Waals surface area contributed by atoms with Gasteiger partial charge in [0.2, 0.25) is 0 Å². The van der Waals surface area contributed by atoms with E-state index >= 15 is 0 Å². The number of benzene rings is 4. The third kappa shape index (κ3) is 1.95. The van der Waals surface area contributed by atoms with Crippen LogP contribution in [-0.4, -0.2) is 0 Å². The van der Waals surface area contributed by atoms with Gasteiger partial charge in [-0.25, -0.2) is 0 Å². The molecular weight excluding hydrogens is 316 g/mol. The summed E-state index contributed by atoms with van der Waals surface area (Å²) in [6.45, 7) is 0. The van der Waals surface area contributed by atoms with E-state index in [1.165, 1.54) is 21.9 Å². The molecule has 0 atom stereocenters. The summed E-state index contributed by atoms with van der Waals surface area (Å²) in [5.74, 6) is 0. The zero-order chi connectivity index (χ0) is 16.1. The Morgan fingerprint density at radius 1 is 0.667 bits per heavy atom. The normalized spacial score (nSPS) is 11.5. The van der Waals surface area contributed by atoms with Gasteiger partial charge in [0.25, 0.3) is 0 Å². The number of hydrogen-bond donors (Lipinski definition) is 0. The van der Waals surface area contributed by atoms with E-state index in [0.717, 1.165) is 21.9 Å². The minimum atomic E-state index is 0.687. The summed E-state index contributed by atoms with van der Waals surface area (Å²) in [6.07, 6.45) is 0. The number of furan rings is 1. The van der Waals surface area contributed by atoms with E-state index in [2.05, 4.69) is 54.6 Å². The molecule has 0 bridgehead atoms. The summed E-state index contributed by atoms with van der Waals surface area (Å²) in [5.41, 5.74) is 4.12. The fraction of sp³-hybridized carbons (Fsp3) is 0.